The molecule has 1 unspecified atom stereocenters. The average molecular weight is 243 g/mol. The van der Waals surface area contributed by atoms with Crippen LogP contribution in [0.25, 0.3) is 0 Å². The van der Waals surface area contributed by atoms with Gasteiger partial charge in [0.25, 0.3) is 0 Å². The summed E-state index contributed by atoms with van der Waals surface area (Å²) in [5.41, 5.74) is 3.27. The molecule has 0 aromatic heterocycles. The van der Waals surface area contributed by atoms with Crippen LogP contribution in [0.15, 0.2) is 0 Å². The van der Waals surface area contributed by atoms with Gasteiger partial charge in [0, 0.05) is 39.3 Å². The van der Waals surface area contributed by atoms with Crippen LogP contribution in [0.4, 0.5) is 0 Å². The van der Waals surface area contributed by atoms with Gasteiger partial charge >= 0.3 is 0 Å². The summed E-state index contributed by atoms with van der Waals surface area (Å²) >= 11 is 0. The minimum Gasteiger partial charge on any atom is -0.389 e. The summed E-state index contributed by atoms with van der Waals surface area (Å²) in [5, 5.41) is 11.9. The standard InChI is InChI=1S/C12H25N3O2/c1-14-4-6-15(7-5-14)13-8-12(16)10-17-9-11-2-3-11/h11-13,16H,2-10H2,1H3. The Balaban J connectivity index is 1.48. The Morgan fingerprint density at radius 2 is 2.00 bits per heavy atom. The van der Waals surface area contributed by atoms with Gasteiger partial charge in [-0.05, 0) is 25.8 Å². The second-order valence-electron chi connectivity index (χ2n) is 5.29. The van der Waals surface area contributed by atoms with Crippen molar-refractivity contribution in [3.05, 3.63) is 0 Å². The van der Waals surface area contributed by atoms with Gasteiger partial charge in [0.15, 0.2) is 0 Å². The highest BCUT2D eigenvalue weighted by molar-refractivity contribution is 4.72. The van der Waals surface area contributed by atoms with Gasteiger partial charge < -0.3 is 14.7 Å². The van der Waals surface area contributed by atoms with Crippen LogP contribution in [0.3, 0.4) is 0 Å². The maximum absolute atomic E-state index is 9.74. The van der Waals surface area contributed by atoms with E-state index >= 15 is 0 Å². The van der Waals surface area contributed by atoms with Gasteiger partial charge in [0.1, 0.15) is 0 Å². The molecule has 2 fully saturated rings. The van der Waals surface area contributed by atoms with Crippen molar-refractivity contribution in [2.75, 3.05) is 53.0 Å². The SMILES string of the molecule is CN1CCN(NCC(O)COCC2CC2)CC1. The molecule has 17 heavy (non-hydrogen) atoms. The van der Waals surface area contributed by atoms with E-state index in [4.69, 9.17) is 4.74 Å². The zero-order valence-electron chi connectivity index (χ0n) is 10.8. The normalized spacial score (nSPS) is 25.1. The van der Waals surface area contributed by atoms with Crippen molar-refractivity contribution in [3.63, 3.8) is 0 Å². The number of hydrogen-bond donors (Lipinski definition) is 2. The number of ether oxygens (including phenoxy) is 1. The molecular formula is C12H25N3O2. The van der Waals surface area contributed by atoms with Crippen LogP contribution >= 0.6 is 0 Å². The fourth-order valence-corrected chi connectivity index (χ4v) is 1.91. The lowest BCUT2D eigenvalue weighted by molar-refractivity contribution is 0.0140. The van der Waals surface area contributed by atoms with Crippen molar-refractivity contribution in [2.24, 2.45) is 5.92 Å². The van der Waals surface area contributed by atoms with Crippen molar-refractivity contribution < 1.29 is 9.84 Å². The molecule has 100 valence electrons. The van der Waals surface area contributed by atoms with Crippen molar-refractivity contribution in [3.8, 4) is 0 Å². The quantitative estimate of drug-likeness (QED) is 0.633. The molecule has 0 bridgehead atoms. The van der Waals surface area contributed by atoms with Gasteiger partial charge in [-0.25, -0.2) is 5.01 Å². The lowest BCUT2D eigenvalue weighted by Gasteiger charge is -2.33. The molecule has 1 saturated carbocycles. The third-order valence-electron chi connectivity index (χ3n) is 3.41. The molecule has 1 saturated heterocycles. The van der Waals surface area contributed by atoms with Crippen LogP contribution < -0.4 is 5.43 Å². The molecule has 0 spiro atoms. The van der Waals surface area contributed by atoms with Crippen molar-refractivity contribution in [2.45, 2.75) is 18.9 Å². The number of nitrogens with zero attached hydrogens (tertiary/aromatic N) is 2. The number of aliphatic hydroxyl groups is 1. The van der Waals surface area contributed by atoms with E-state index < -0.39 is 6.10 Å². The maximum atomic E-state index is 9.74. The number of piperazine rings is 1. The molecular weight excluding hydrogens is 218 g/mol. The predicted octanol–water partition coefficient (Wildman–Crippen LogP) is -0.474. The zero-order valence-corrected chi connectivity index (χ0v) is 10.8. The first kappa shape index (κ1) is 13.2. The van der Waals surface area contributed by atoms with Crippen LogP contribution in [-0.4, -0.2) is 74.1 Å². The maximum Gasteiger partial charge on any atom is 0.0911 e. The summed E-state index contributed by atoms with van der Waals surface area (Å²) in [5.74, 6) is 0.771. The molecule has 2 N–H and O–H groups in total. The molecule has 1 aliphatic carbocycles. The second kappa shape index (κ2) is 6.66. The summed E-state index contributed by atoms with van der Waals surface area (Å²) in [6.07, 6.45) is 2.21. The Morgan fingerprint density at radius 1 is 1.29 bits per heavy atom. The minimum atomic E-state index is -0.395. The van der Waals surface area contributed by atoms with Gasteiger partial charge in [-0.1, -0.05) is 0 Å². The Hall–Kier alpha value is -0.200. The van der Waals surface area contributed by atoms with Crippen LogP contribution in [0.5, 0.6) is 0 Å². The third-order valence-corrected chi connectivity index (χ3v) is 3.41. The molecule has 0 aromatic carbocycles. The van der Waals surface area contributed by atoms with Crippen LogP contribution in [0.1, 0.15) is 12.8 Å². The summed E-state index contributed by atoms with van der Waals surface area (Å²) in [6.45, 7) is 6.08. The minimum absolute atomic E-state index is 0.395. The van der Waals surface area contributed by atoms with Crippen LogP contribution in [-0.2, 0) is 4.74 Å². The number of nitrogens with one attached hydrogen (secondary N) is 1. The Morgan fingerprint density at radius 3 is 2.65 bits per heavy atom. The van der Waals surface area contributed by atoms with Crippen molar-refractivity contribution >= 4 is 0 Å². The van der Waals surface area contributed by atoms with E-state index in [2.05, 4.69) is 22.4 Å². The predicted molar refractivity (Wildman–Crippen MR) is 66.6 cm³/mol. The summed E-state index contributed by atoms with van der Waals surface area (Å²) < 4.78 is 5.46. The van der Waals surface area contributed by atoms with E-state index in [9.17, 15) is 5.11 Å². The van der Waals surface area contributed by atoms with Gasteiger partial charge in [-0.2, -0.15) is 0 Å². The van der Waals surface area contributed by atoms with Crippen molar-refractivity contribution in [1.29, 1.82) is 0 Å². The van der Waals surface area contributed by atoms with Crippen LogP contribution in [0.2, 0.25) is 0 Å². The molecule has 0 radical (unpaired) electrons. The lowest BCUT2D eigenvalue weighted by atomic mass is 10.3. The number of aliphatic hydroxyl groups excluding tert-OH is 1. The van der Waals surface area contributed by atoms with Gasteiger partial charge in [0.2, 0.25) is 0 Å². The molecule has 5 nitrogen and oxygen atoms in total. The first-order valence-electron chi connectivity index (χ1n) is 6.67. The van der Waals surface area contributed by atoms with Gasteiger partial charge in [-0.3, -0.25) is 5.43 Å². The Labute approximate surface area is 104 Å². The van der Waals surface area contributed by atoms with E-state index in [0.717, 1.165) is 38.7 Å². The molecule has 0 aromatic rings. The first-order chi connectivity index (χ1) is 8.24. The number of hydrazine groups is 1. The third kappa shape index (κ3) is 5.31. The fraction of sp³-hybridized carbons (Fsp3) is 1.00. The molecule has 5 heteroatoms. The number of rotatable bonds is 7. The number of hydrogen-bond acceptors (Lipinski definition) is 5. The van der Waals surface area contributed by atoms with Crippen molar-refractivity contribution in [1.82, 2.24) is 15.3 Å². The summed E-state index contributed by atoms with van der Waals surface area (Å²) in [4.78, 5) is 2.31. The van der Waals surface area contributed by atoms with Gasteiger partial charge in [0.05, 0.1) is 12.7 Å². The molecule has 2 rings (SSSR count). The molecule has 0 amide bonds. The highest BCUT2D eigenvalue weighted by Gasteiger charge is 2.21. The smallest absolute Gasteiger partial charge is 0.0911 e. The monoisotopic (exact) mass is 243 g/mol. The van der Waals surface area contributed by atoms with E-state index in [1.54, 1.807) is 0 Å². The molecule has 1 aliphatic heterocycles. The van der Waals surface area contributed by atoms with E-state index in [1.165, 1.54) is 12.8 Å². The van der Waals surface area contributed by atoms with E-state index in [0.29, 0.717) is 13.2 Å². The molecule has 2 aliphatic rings. The number of likely N-dealkylation sites (N-methyl/N-ethyl adjacent to an activating group) is 1. The average Bonchev–Trinajstić information content (AvgIpc) is 3.12. The van der Waals surface area contributed by atoms with Gasteiger partial charge in [-0.15, -0.1) is 0 Å². The largest absolute Gasteiger partial charge is 0.389 e. The highest BCUT2D eigenvalue weighted by atomic mass is 16.5. The van der Waals surface area contributed by atoms with Crippen LogP contribution in [0, 0.1) is 5.92 Å². The second-order valence-corrected chi connectivity index (χ2v) is 5.29. The highest BCUT2D eigenvalue weighted by Crippen LogP contribution is 2.28. The fourth-order valence-electron chi connectivity index (χ4n) is 1.91. The summed E-state index contributed by atoms with van der Waals surface area (Å²) in [7, 11) is 2.14. The molecule has 1 heterocycles. The lowest BCUT2D eigenvalue weighted by Crippen LogP contribution is -2.52. The Kier molecular flexibility index (Phi) is 5.18. The van der Waals surface area contributed by atoms with E-state index in [1.807, 2.05) is 0 Å². The first-order valence-corrected chi connectivity index (χ1v) is 6.67. The topological polar surface area (TPSA) is 48.0 Å². The Bertz CT molecular complexity index is 216. The zero-order chi connectivity index (χ0) is 12.1. The van der Waals surface area contributed by atoms with E-state index in [-0.39, 0.29) is 0 Å². The molecule has 1 atom stereocenters. The summed E-state index contributed by atoms with van der Waals surface area (Å²) in [6, 6.07) is 0.